The number of hydrogen-bond acceptors (Lipinski definition) is 3. The predicted octanol–water partition coefficient (Wildman–Crippen LogP) is 5.40. The molecule has 0 radical (unpaired) electrons. The quantitative estimate of drug-likeness (QED) is 0.668. The Hall–Kier alpha value is -2.01. The summed E-state index contributed by atoms with van der Waals surface area (Å²) in [6, 6.07) is 15.8. The molecule has 0 spiro atoms. The fourth-order valence-electron chi connectivity index (χ4n) is 2.17. The molecule has 1 amide bonds. The van der Waals surface area contributed by atoms with Crippen LogP contribution >= 0.6 is 15.9 Å². The first-order valence-corrected chi connectivity index (χ1v) is 8.93. The Balaban J connectivity index is 1.95. The van der Waals surface area contributed by atoms with E-state index < -0.39 is 5.60 Å². The number of amides is 1. The summed E-state index contributed by atoms with van der Waals surface area (Å²) in [6.45, 7) is 6.54. The molecule has 0 aliphatic carbocycles. The molecule has 0 N–H and O–H groups in total. The van der Waals surface area contributed by atoms with Gasteiger partial charge in [-0.25, -0.2) is 4.79 Å². The molecule has 25 heavy (non-hydrogen) atoms. The van der Waals surface area contributed by atoms with Gasteiger partial charge in [-0.1, -0.05) is 36.4 Å². The van der Waals surface area contributed by atoms with E-state index in [0.29, 0.717) is 13.2 Å². The lowest BCUT2D eigenvalue weighted by molar-refractivity contribution is 0.0285. The molecular formula is C20H24BrNO3. The Labute approximate surface area is 157 Å². The Morgan fingerprint density at radius 1 is 1.08 bits per heavy atom. The Kier molecular flexibility index (Phi) is 6.48. The van der Waals surface area contributed by atoms with Crippen molar-refractivity contribution in [3.63, 3.8) is 0 Å². The molecule has 0 fully saturated rings. The molecule has 134 valence electrons. The van der Waals surface area contributed by atoms with Crippen LogP contribution in [-0.2, 0) is 17.9 Å². The van der Waals surface area contributed by atoms with Gasteiger partial charge < -0.3 is 14.4 Å². The summed E-state index contributed by atoms with van der Waals surface area (Å²) in [5, 5.41) is 0. The lowest BCUT2D eigenvalue weighted by Crippen LogP contribution is -2.33. The van der Waals surface area contributed by atoms with Crippen molar-refractivity contribution >= 4 is 22.0 Å². The molecule has 0 saturated carbocycles. The van der Waals surface area contributed by atoms with Crippen molar-refractivity contribution in [3.05, 3.63) is 64.1 Å². The summed E-state index contributed by atoms with van der Waals surface area (Å²) in [4.78, 5) is 13.6. The van der Waals surface area contributed by atoms with Crippen LogP contribution < -0.4 is 4.74 Å². The molecule has 2 aromatic rings. The first-order valence-electron chi connectivity index (χ1n) is 8.14. The topological polar surface area (TPSA) is 38.8 Å². The summed E-state index contributed by atoms with van der Waals surface area (Å²) in [5.41, 5.74) is 1.61. The van der Waals surface area contributed by atoms with Gasteiger partial charge in [-0.15, -0.1) is 0 Å². The van der Waals surface area contributed by atoms with E-state index in [4.69, 9.17) is 9.47 Å². The largest absolute Gasteiger partial charge is 0.488 e. The first-order chi connectivity index (χ1) is 11.7. The molecule has 0 bridgehead atoms. The maximum absolute atomic E-state index is 12.0. The number of ether oxygens (including phenoxy) is 2. The summed E-state index contributed by atoms with van der Waals surface area (Å²) in [5.74, 6) is 0.771. The van der Waals surface area contributed by atoms with Crippen LogP contribution in [0.1, 0.15) is 31.9 Å². The second-order valence-corrected chi connectivity index (χ2v) is 7.73. The van der Waals surface area contributed by atoms with Crippen LogP contribution in [0.3, 0.4) is 0 Å². The second kappa shape index (κ2) is 8.39. The van der Waals surface area contributed by atoms with Gasteiger partial charge in [0.2, 0.25) is 0 Å². The molecule has 0 atom stereocenters. The highest BCUT2D eigenvalue weighted by atomic mass is 79.9. The molecule has 4 nitrogen and oxygen atoms in total. The number of rotatable bonds is 5. The lowest BCUT2D eigenvalue weighted by Gasteiger charge is -2.24. The zero-order valence-corrected chi connectivity index (χ0v) is 16.7. The van der Waals surface area contributed by atoms with Gasteiger partial charge >= 0.3 is 6.09 Å². The van der Waals surface area contributed by atoms with Gasteiger partial charge in [-0.2, -0.15) is 0 Å². The van der Waals surface area contributed by atoms with Crippen molar-refractivity contribution in [2.75, 3.05) is 7.05 Å². The van der Waals surface area contributed by atoms with Crippen LogP contribution in [0.2, 0.25) is 0 Å². The Morgan fingerprint density at radius 2 is 1.76 bits per heavy atom. The smallest absolute Gasteiger partial charge is 0.410 e. The van der Waals surface area contributed by atoms with Crippen LogP contribution in [0.25, 0.3) is 0 Å². The Morgan fingerprint density at radius 3 is 2.36 bits per heavy atom. The second-order valence-electron chi connectivity index (χ2n) is 6.88. The third-order valence-corrected chi connectivity index (χ3v) is 3.98. The fraction of sp³-hybridized carbons (Fsp3) is 0.350. The third-order valence-electron chi connectivity index (χ3n) is 3.36. The van der Waals surface area contributed by atoms with Gasteiger partial charge in [0.1, 0.15) is 18.0 Å². The van der Waals surface area contributed by atoms with E-state index in [1.165, 1.54) is 0 Å². The van der Waals surface area contributed by atoms with E-state index >= 15 is 0 Å². The maximum atomic E-state index is 12.0. The number of carbonyl (C=O) groups is 1. The Bertz CT molecular complexity index is 711. The molecule has 0 aliphatic rings. The van der Waals surface area contributed by atoms with Crippen molar-refractivity contribution in [2.24, 2.45) is 0 Å². The molecule has 0 saturated heterocycles. The normalized spacial score (nSPS) is 11.1. The highest BCUT2D eigenvalue weighted by Gasteiger charge is 2.19. The highest BCUT2D eigenvalue weighted by Crippen LogP contribution is 2.27. The average molecular weight is 406 g/mol. The molecular weight excluding hydrogens is 382 g/mol. The van der Waals surface area contributed by atoms with Gasteiger partial charge in [-0.05, 0) is 60.0 Å². The van der Waals surface area contributed by atoms with E-state index in [0.717, 1.165) is 21.3 Å². The molecule has 2 rings (SSSR count). The van der Waals surface area contributed by atoms with Gasteiger partial charge in [0.15, 0.2) is 0 Å². The van der Waals surface area contributed by atoms with Crippen LogP contribution in [0.5, 0.6) is 5.75 Å². The van der Waals surface area contributed by atoms with Crippen molar-refractivity contribution in [3.8, 4) is 5.75 Å². The fourth-order valence-corrected chi connectivity index (χ4v) is 2.71. The minimum Gasteiger partial charge on any atom is -0.488 e. The molecule has 2 aromatic carbocycles. The van der Waals surface area contributed by atoms with Crippen LogP contribution in [0, 0.1) is 0 Å². The van der Waals surface area contributed by atoms with E-state index in [1.54, 1.807) is 11.9 Å². The lowest BCUT2D eigenvalue weighted by atomic mass is 10.2. The van der Waals surface area contributed by atoms with Crippen molar-refractivity contribution in [1.29, 1.82) is 0 Å². The van der Waals surface area contributed by atoms with E-state index in [1.807, 2.05) is 69.3 Å². The number of nitrogens with zero attached hydrogens (tertiary/aromatic N) is 1. The van der Waals surface area contributed by atoms with Gasteiger partial charge in [0.05, 0.1) is 4.47 Å². The van der Waals surface area contributed by atoms with Crippen LogP contribution in [0.4, 0.5) is 4.79 Å². The van der Waals surface area contributed by atoms with Gasteiger partial charge in [0.25, 0.3) is 0 Å². The number of carbonyl (C=O) groups excluding carboxylic acids is 1. The number of benzene rings is 2. The molecule has 5 heteroatoms. The monoisotopic (exact) mass is 405 g/mol. The minimum absolute atomic E-state index is 0.340. The zero-order chi connectivity index (χ0) is 18.4. The minimum atomic E-state index is -0.499. The first kappa shape index (κ1) is 19.3. The average Bonchev–Trinajstić information content (AvgIpc) is 2.53. The van der Waals surface area contributed by atoms with E-state index in [-0.39, 0.29) is 6.09 Å². The summed E-state index contributed by atoms with van der Waals surface area (Å²) in [7, 11) is 1.72. The highest BCUT2D eigenvalue weighted by molar-refractivity contribution is 9.10. The summed E-state index contributed by atoms with van der Waals surface area (Å²) >= 11 is 3.54. The third kappa shape index (κ3) is 6.42. The summed E-state index contributed by atoms with van der Waals surface area (Å²) in [6.07, 6.45) is -0.340. The van der Waals surface area contributed by atoms with Crippen molar-refractivity contribution in [2.45, 2.75) is 39.5 Å². The summed E-state index contributed by atoms with van der Waals surface area (Å²) < 4.78 is 12.1. The van der Waals surface area contributed by atoms with Crippen LogP contribution in [0.15, 0.2) is 53.0 Å². The molecule has 0 aliphatic heterocycles. The standard InChI is InChI=1S/C20H24BrNO3/c1-20(2,3)25-19(23)22(4)13-16-10-11-18(17(21)12-16)24-14-15-8-6-5-7-9-15/h5-12H,13-14H2,1-4H3. The van der Waals surface area contributed by atoms with Gasteiger partial charge in [-0.3, -0.25) is 0 Å². The number of hydrogen-bond donors (Lipinski definition) is 0. The maximum Gasteiger partial charge on any atom is 0.410 e. The van der Waals surface area contributed by atoms with Gasteiger partial charge in [0, 0.05) is 13.6 Å². The molecule has 0 heterocycles. The van der Waals surface area contributed by atoms with Crippen molar-refractivity contribution < 1.29 is 14.3 Å². The van der Waals surface area contributed by atoms with E-state index in [2.05, 4.69) is 15.9 Å². The molecule has 0 aromatic heterocycles. The van der Waals surface area contributed by atoms with Crippen LogP contribution in [-0.4, -0.2) is 23.6 Å². The zero-order valence-electron chi connectivity index (χ0n) is 15.1. The van der Waals surface area contributed by atoms with Crippen molar-refractivity contribution in [1.82, 2.24) is 4.90 Å². The molecule has 0 unspecified atom stereocenters. The van der Waals surface area contributed by atoms with E-state index in [9.17, 15) is 4.79 Å². The number of halogens is 1. The SMILES string of the molecule is CN(Cc1ccc(OCc2ccccc2)c(Br)c1)C(=O)OC(C)(C)C. The predicted molar refractivity (Wildman–Crippen MR) is 103 cm³/mol.